The van der Waals surface area contributed by atoms with Crippen molar-refractivity contribution in [1.29, 1.82) is 0 Å². The highest BCUT2D eigenvalue weighted by atomic mass is 16.1. The maximum absolute atomic E-state index is 10.8. The summed E-state index contributed by atoms with van der Waals surface area (Å²) in [7, 11) is 0. The van der Waals surface area contributed by atoms with Gasteiger partial charge in [-0.25, -0.2) is 0 Å². The average molecular weight is 198 g/mol. The summed E-state index contributed by atoms with van der Waals surface area (Å²) in [6.07, 6.45) is 0.990. The molecule has 76 valence electrons. The van der Waals surface area contributed by atoms with E-state index in [1.165, 1.54) is 16.3 Å². The molecule has 0 aliphatic rings. The van der Waals surface area contributed by atoms with Crippen LogP contribution in [-0.4, -0.2) is 6.29 Å². The highest BCUT2D eigenvalue weighted by Gasteiger charge is 2.06. The highest BCUT2D eigenvalue weighted by molar-refractivity contribution is 5.87. The fourth-order valence-electron chi connectivity index (χ4n) is 1.87. The molecule has 0 fully saturated rings. The molecular formula is C14H14O. The first kappa shape index (κ1) is 9.91. The summed E-state index contributed by atoms with van der Waals surface area (Å²) in [6, 6.07) is 12.5. The van der Waals surface area contributed by atoms with Gasteiger partial charge in [0, 0.05) is 5.92 Å². The summed E-state index contributed by atoms with van der Waals surface area (Å²) < 4.78 is 0. The van der Waals surface area contributed by atoms with E-state index in [1.54, 1.807) is 0 Å². The smallest absolute Gasteiger partial charge is 0.127 e. The first-order valence-corrected chi connectivity index (χ1v) is 5.17. The molecule has 1 nitrogen and oxygen atoms in total. The molecule has 2 rings (SSSR count). The van der Waals surface area contributed by atoms with Crippen molar-refractivity contribution in [3.8, 4) is 0 Å². The summed E-state index contributed by atoms with van der Waals surface area (Å²) in [6.45, 7) is 4.01. The van der Waals surface area contributed by atoms with Crippen LogP contribution < -0.4 is 0 Å². The van der Waals surface area contributed by atoms with Gasteiger partial charge in [0.15, 0.2) is 0 Å². The molecule has 0 aliphatic heterocycles. The van der Waals surface area contributed by atoms with E-state index in [9.17, 15) is 4.79 Å². The lowest BCUT2D eigenvalue weighted by atomic mass is 9.96. The Morgan fingerprint density at radius 2 is 1.93 bits per heavy atom. The van der Waals surface area contributed by atoms with Gasteiger partial charge in [0.1, 0.15) is 6.29 Å². The van der Waals surface area contributed by atoms with Crippen molar-refractivity contribution >= 4 is 17.1 Å². The van der Waals surface area contributed by atoms with E-state index < -0.39 is 0 Å². The third-order valence-corrected chi connectivity index (χ3v) is 2.82. The Kier molecular flexibility index (Phi) is 2.55. The molecule has 0 N–H and O–H groups in total. The predicted molar refractivity (Wildman–Crippen MR) is 63.2 cm³/mol. The van der Waals surface area contributed by atoms with Crippen LogP contribution in [0.1, 0.15) is 24.0 Å². The summed E-state index contributed by atoms with van der Waals surface area (Å²) in [4.78, 5) is 10.8. The summed E-state index contributed by atoms with van der Waals surface area (Å²) in [5, 5.41) is 2.47. The highest BCUT2D eigenvalue weighted by Crippen LogP contribution is 2.24. The van der Waals surface area contributed by atoms with Crippen LogP contribution in [0.3, 0.4) is 0 Å². The zero-order valence-corrected chi connectivity index (χ0v) is 9.03. The summed E-state index contributed by atoms with van der Waals surface area (Å²) in [5.41, 5.74) is 2.33. The molecule has 0 radical (unpaired) electrons. The number of carbonyl (C=O) groups is 1. The third-order valence-electron chi connectivity index (χ3n) is 2.82. The molecular weight excluding hydrogens is 184 g/mol. The Bertz CT molecular complexity index is 500. The molecule has 15 heavy (non-hydrogen) atoms. The minimum atomic E-state index is -0.0201. The van der Waals surface area contributed by atoms with Gasteiger partial charge in [0.2, 0.25) is 0 Å². The van der Waals surface area contributed by atoms with Crippen LogP contribution in [0.15, 0.2) is 36.4 Å². The standard InChI is InChI=1S/C14H14O/c1-10-7-13(11(2)9-15)8-12-5-3-4-6-14(10)12/h3-9,11H,1-2H3. The predicted octanol–water partition coefficient (Wildman–Crippen LogP) is 3.45. The molecule has 0 saturated heterocycles. The van der Waals surface area contributed by atoms with Gasteiger partial charge < -0.3 is 4.79 Å². The Labute approximate surface area is 89.7 Å². The van der Waals surface area contributed by atoms with Gasteiger partial charge in [0.05, 0.1) is 0 Å². The average Bonchev–Trinajstić information content (AvgIpc) is 2.28. The topological polar surface area (TPSA) is 17.1 Å². The Morgan fingerprint density at radius 3 is 2.67 bits per heavy atom. The molecule has 0 saturated carbocycles. The van der Waals surface area contributed by atoms with E-state index in [-0.39, 0.29) is 5.92 Å². The lowest BCUT2D eigenvalue weighted by Crippen LogP contribution is -1.95. The van der Waals surface area contributed by atoms with Crippen molar-refractivity contribution in [1.82, 2.24) is 0 Å². The van der Waals surface area contributed by atoms with Gasteiger partial charge in [-0.2, -0.15) is 0 Å². The van der Waals surface area contributed by atoms with Crippen molar-refractivity contribution in [2.24, 2.45) is 0 Å². The van der Waals surface area contributed by atoms with Gasteiger partial charge in [-0.05, 0) is 28.8 Å². The SMILES string of the molecule is Cc1cc(C(C)C=O)cc2ccccc12. The normalized spacial score (nSPS) is 12.7. The zero-order valence-electron chi connectivity index (χ0n) is 9.03. The number of aldehydes is 1. The minimum Gasteiger partial charge on any atom is -0.303 e. The van der Waals surface area contributed by atoms with Crippen molar-refractivity contribution in [2.45, 2.75) is 19.8 Å². The molecule has 2 aromatic carbocycles. The second kappa shape index (κ2) is 3.85. The Hall–Kier alpha value is -1.63. The van der Waals surface area contributed by atoms with Crippen LogP contribution in [0.2, 0.25) is 0 Å². The molecule has 1 unspecified atom stereocenters. The van der Waals surface area contributed by atoms with Gasteiger partial charge in [0.25, 0.3) is 0 Å². The summed E-state index contributed by atoms with van der Waals surface area (Å²) in [5.74, 6) is -0.0201. The second-order valence-corrected chi connectivity index (χ2v) is 3.98. The number of aryl methyl sites for hydroxylation is 1. The molecule has 1 heteroatoms. The number of rotatable bonds is 2. The minimum absolute atomic E-state index is 0.0201. The number of benzene rings is 2. The molecule has 2 aromatic rings. The van der Waals surface area contributed by atoms with Crippen molar-refractivity contribution in [3.05, 3.63) is 47.5 Å². The lowest BCUT2D eigenvalue weighted by molar-refractivity contribution is -0.108. The van der Waals surface area contributed by atoms with E-state index >= 15 is 0 Å². The third kappa shape index (κ3) is 1.78. The van der Waals surface area contributed by atoms with Gasteiger partial charge in [-0.15, -0.1) is 0 Å². The zero-order chi connectivity index (χ0) is 10.8. The fourth-order valence-corrected chi connectivity index (χ4v) is 1.87. The van der Waals surface area contributed by atoms with Crippen molar-refractivity contribution in [3.63, 3.8) is 0 Å². The van der Waals surface area contributed by atoms with E-state index in [1.807, 2.05) is 19.1 Å². The molecule has 0 heterocycles. The lowest BCUT2D eigenvalue weighted by Gasteiger charge is -2.08. The first-order valence-electron chi connectivity index (χ1n) is 5.17. The van der Waals surface area contributed by atoms with E-state index in [2.05, 4.69) is 31.2 Å². The first-order chi connectivity index (χ1) is 7.22. The molecule has 0 amide bonds. The van der Waals surface area contributed by atoms with E-state index in [0.29, 0.717) is 0 Å². The number of hydrogen-bond acceptors (Lipinski definition) is 1. The van der Waals surface area contributed by atoms with Gasteiger partial charge in [-0.1, -0.05) is 43.3 Å². The number of hydrogen-bond donors (Lipinski definition) is 0. The van der Waals surface area contributed by atoms with Gasteiger partial charge >= 0.3 is 0 Å². The number of fused-ring (bicyclic) bond motifs is 1. The Balaban J connectivity index is 2.67. The fraction of sp³-hybridized carbons (Fsp3) is 0.214. The van der Waals surface area contributed by atoms with Crippen LogP contribution in [0.5, 0.6) is 0 Å². The number of carbonyl (C=O) groups excluding carboxylic acids is 1. The molecule has 0 spiro atoms. The molecule has 0 aromatic heterocycles. The van der Waals surface area contributed by atoms with Crippen molar-refractivity contribution < 1.29 is 4.79 Å². The maximum atomic E-state index is 10.8. The maximum Gasteiger partial charge on any atom is 0.127 e. The van der Waals surface area contributed by atoms with Crippen LogP contribution >= 0.6 is 0 Å². The quantitative estimate of drug-likeness (QED) is 0.675. The van der Waals surface area contributed by atoms with Crippen LogP contribution in [0, 0.1) is 6.92 Å². The second-order valence-electron chi connectivity index (χ2n) is 3.98. The molecule has 1 atom stereocenters. The molecule has 0 bridgehead atoms. The van der Waals surface area contributed by atoms with Gasteiger partial charge in [-0.3, -0.25) is 0 Å². The van der Waals surface area contributed by atoms with Crippen LogP contribution in [-0.2, 0) is 4.79 Å². The monoisotopic (exact) mass is 198 g/mol. The summed E-state index contributed by atoms with van der Waals surface area (Å²) >= 11 is 0. The van der Waals surface area contributed by atoms with E-state index in [0.717, 1.165) is 11.8 Å². The largest absolute Gasteiger partial charge is 0.303 e. The molecule has 0 aliphatic carbocycles. The van der Waals surface area contributed by atoms with Crippen molar-refractivity contribution in [2.75, 3.05) is 0 Å². The van der Waals surface area contributed by atoms with Crippen LogP contribution in [0.25, 0.3) is 10.8 Å². The van der Waals surface area contributed by atoms with Crippen LogP contribution in [0.4, 0.5) is 0 Å². The van der Waals surface area contributed by atoms with E-state index in [4.69, 9.17) is 0 Å². The Morgan fingerprint density at radius 1 is 1.20 bits per heavy atom.